The smallest absolute Gasteiger partial charge is 0.119 e. The zero-order valence-electron chi connectivity index (χ0n) is 37.9. The number of hydrogen-bond acceptors (Lipinski definition) is 3. The summed E-state index contributed by atoms with van der Waals surface area (Å²) in [6.07, 6.45) is 19.7. The lowest BCUT2D eigenvalue weighted by Gasteiger charge is -2.27. The first-order valence-corrected chi connectivity index (χ1v) is 23.2. The topological polar surface area (TPSA) is 15.7 Å². The molecule has 1 fully saturated rings. The molecule has 2 aliphatic rings. The van der Waals surface area contributed by atoms with Gasteiger partial charge in [-0.15, -0.1) is 0 Å². The number of allylic oxidation sites excluding steroid dienone is 4. The van der Waals surface area contributed by atoms with Gasteiger partial charge in [-0.05, 0) is 163 Å². The average molecular weight is 847 g/mol. The first-order valence-electron chi connectivity index (χ1n) is 23.2. The molecule has 0 amide bonds. The molecule has 0 saturated heterocycles. The first-order chi connectivity index (χ1) is 31.9. The summed E-state index contributed by atoms with van der Waals surface area (Å²) >= 11 is 0. The highest BCUT2D eigenvalue weighted by Gasteiger charge is 2.42. The van der Waals surface area contributed by atoms with E-state index in [-0.39, 0.29) is 0 Å². The Kier molecular flexibility index (Phi) is 13.2. The summed E-state index contributed by atoms with van der Waals surface area (Å²) in [4.78, 5) is 4.85. The zero-order valence-corrected chi connectivity index (χ0v) is 37.9. The van der Waals surface area contributed by atoms with Crippen LogP contribution in [-0.2, 0) is 6.42 Å². The molecule has 0 bridgehead atoms. The molecular weight excluding hydrogens is 789 g/mol. The van der Waals surface area contributed by atoms with Crippen molar-refractivity contribution in [1.29, 1.82) is 0 Å². The van der Waals surface area contributed by atoms with E-state index in [4.69, 9.17) is 4.74 Å². The van der Waals surface area contributed by atoms with Gasteiger partial charge in [0.2, 0.25) is 0 Å². The zero-order chi connectivity index (χ0) is 44.5. The standard InChI is InChI=1S/C62H58N2O/c1-5-47(14-12-40-63(54-31-20-45(3)21-32-54)55-35-26-48(27-36-55)24-25-49-28-37-57(38-29-49)65-6-2)41-50-13-10-17-53(42-50)59(52-15-8-7-9-16-52)43-51-30-39-62-60(44-51)58-18-11-19-61(58)64(62)56-33-22-46(4)23-34-56/h5,7-10,12-17,20-40,42-44,58,61H,1,6,11,18-19,41H2,2-4H3/b25-24+,40-12+,47-14+,59-43+. The molecule has 0 aromatic heterocycles. The van der Waals surface area contributed by atoms with Crippen molar-refractivity contribution in [2.24, 2.45) is 0 Å². The Morgan fingerprint density at radius 1 is 0.677 bits per heavy atom. The maximum absolute atomic E-state index is 5.60. The van der Waals surface area contributed by atoms with Crippen molar-refractivity contribution in [3.8, 4) is 5.75 Å². The van der Waals surface area contributed by atoms with Gasteiger partial charge in [-0.2, -0.15) is 0 Å². The van der Waals surface area contributed by atoms with Crippen LogP contribution in [0, 0.1) is 13.8 Å². The molecule has 9 rings (SSSR count). The predicted molar refractivity (Wildman–Crippen MR) is 277 cm³/mol. The van der Waals surface area contributed by atoms with Crippen LogP contribution in [0.1, 0.15) is 82.2 Å². The van der Waals surface area contributed by atoms with E-state index in [0.717, 1.165) is 40.2 Å². The van der Waals surface area contributed by atoms with Crippen LogP contribution >= 0.6 is 0 Å². The van der Waals surface area contributed by atoms with Crippen LogP contribution in [0.3, 0.4) is 0 Å². The van der Waals surface area contributed by atoms with E-state index >= 15 is 0 Å². The van der Waals surface area contributed by atoms with Crippen molar-refractivity contribution in [2.75, 3.05) is 16.4 Å². The van der Waals surface area contributed by atoms with Gasteiger partial charge in [0.05, 0.1) is 6.61 Å². The van der Waals surface area contributed by atoms with E-state index in [2.05, 4.69) is 225 Å². The number of anilines is 4. The van der Waals surface area contributed by atoms with Crippen molar-refractivity contribution in [3.05, 3.63) is 257 Å². The van der Waals surface area contributed by atoms with Gasteiger partial charge in [0.25, 0.3) is 0 Å². The second-order valence-electron chi connectivity index (χ2n) is 17.3. The van der Waals surface area contributed by atoms with Gasteiger partial charge in [0, 0.05) is 40.9 Å². The van der Waals surface area contributed by atoms with Crippen LogP contribution in [-0.4, -0.2) is 12.6 Å². The van der Waals surface area contributed by atoms with Gasteiger partial charge < -0.3 is 14.5 Å². The van der Waals surface area contributed by atoms with E-state index in [1.165, 1.54) is 75.2 Å². The minimum absolute atomic E-state index is 0.528. The number of fused-ring (bicyclic) bond motifs is 3. The van der Waals surface area contributed by atoms with Crippen molar-refractivity contribution in [3.63, 3.8) is 0 Å². The van der Waals surface area contributed by atoms with Gasteiger partial charge in [0.1, 0.15) is 5.75 Å². The lowest BCUT2D eigenvalue weighted by Crippen LogP contribution is -2.26. The highest BCUT2D eigenvalue weighted by molar-refractivity contribution is 5.92. The van der Waals surface area contributed by atoms with Crippen LogP contribution in [0.25, 0.3) is 23.8 Å². The first kappa shape index (κ1) is 42.9. The fraction of sp³-hybridized carbons (Fsp3) is 0.161. The summed E-state index contributed by atoms with van der Waals surface area (Å²) in [6, 6.07) is 62.2. The molecule has 7 aromatic carbocycles. The minimum Gasteiger partial charge on any atom is -0.494 e. The number of benzene rings is 7. The molecular formula is C62H58N2O. The molecule has 1 heterocycles. The van der Waals surface area contributed by atoms with Crippen LogP contribution in [0.4, 0.5) is 22.7 Å². The molecule has 0 spiro atoms. The van der Waals surface area contributed by atoms with Gasteiger partial charge in [-0.3, -0.25) is 0 Å². The van der Waals surface area contributed by atoms with Crippen molar-refractivity contribution < 1.29 is 4.74 Å². The van der Waals surface area contributed by atoms with E-state index in [1.54, 1.807) is 0 Å². The Morgan fingerprint density at radius 3 is 2.02 bits per heavy atom. The summed E-state index contributed by atoms with van der Waals surface area (Å²) < 4.78 is 5.60. The highest BCUT2D eigenvalue weighted by Crippen LogP contribution is 2.52. The van der Waals surface area contributed by atoms with E-state index in [9.17, 15) is 0 Å². The molecule has 0 radical (unpaired) electrons. The molecule has 7 aromatic rings. The summed E-state index contributed by atoms with van der Waals surface area (Å²) in [5, 5.41) is 0. The molecule has 1 saturated carbocycles. The Bertz CT molecular complexity index is 2850. The SMILES string of the molecule is C=C/C(=C\C=C\N(c1ccc(C)cc1)c1ccc(/C=C/c2ccc(OCC)cc2)cc1)Cc1cccc(/C(=C/c2ccc3c(c2)C2CCCC2N3c2ccc(C)cc2)c2ccccc2)c1. The van der Waals surface area contributed by atoms with Gasteiger partial charge in [-0.25, -0.2) is 0 Å². The monoisotopic (exact) mass is 846 g/mol. The molecule has 0 N–H and O–H groups in total. The fourth-order valence-electron chi connectivity index (χ4n) is 9.47. The third-order valence-electron chi connectivity index (χ3n) is 12.8. The lowest BCUT2D eigenvalue weighted by atomic mass is 9.91. The maximum Gasteiger partial charge on any atom is 0.119 e. The quantitative estimate of drug-likeness (QED) is 0.0755. The molecule has 65 heavy (non-hydrogen) atoms. The van der Waals surface area contributed by atoms with Gasteiger partial charge in [0.15, 0.2) is 0 Å². The minimum atomic E-state index is 0.528. The average Bonchev–Trinajstić information content (AvgIpc) is 3.94. The summed E-state index contributed by atoms with van der Waals surface area (Å²) in [6.45, 7) is 11.2. The molecule has 2 unspecified atom stereocenters. The number of ether oxygens (including phenoxy) is 1. The van der Waals surface area contributed by atoms with Crippen LogP contribution in [0.15, 0.2) is 206 Å². The lowest BCUT2D eigenvalue weighted by molar-refractivity contribution is 0.340. The van der Waals surface area contributed by atoms with E-state index in [1.807, 2.05) is 25.1 Å². The molecule has 1 aliphatic carbocycles. The predicted octanol–water partition coefficient (Wildman–Crippen LogP) is 16.3. The number of hydrogen-bond donors (Lipinski definition) is 0. The van der Waals surface area contributed by atoms with Crippen molar-refractivity contribution >= 4 is 46.6 Å². The molecule has 1 aliphatic heterocycles. The number of nitrogens with zero attached hydrogens (tertiary/aromatic N) is 2. The Labute approximate surface area is 386 Å². The summed E-state index contributed by atoms with van der Waals surface area (Å²) in [5.41, 5.74) is 18.4. The Hall–Kier alpha value is -7.36. The molecule has 322 valence electrons. The highest BCUT2D eigenvalue weighted by atomic mass is 16.5. The largest absolute Gasteiger partial charge is 0.494 e. The fourth-order valence-corrected chi connectivity index (χ4v) is 9.47. The Balaban J connectivity index is 0.960. The summed E-state index contributed by atoms with van der Waals surface area (Å²) in [5.74, 6) is 1.46. The van der Waals surface area contributed by atoms with Gasteiger partial charge >= 0.3 is 0 Å². The van der Waals surface area contributed by atoms with Gasteiger partial charge in [-0.1, -0.05) is 158 Å². The van der Waals surface area contributed by atoms with Crippen LogP contribution in [0.2, 0.25) is 0 Å². The molecule has 2 atom stereocenters. The Morgan fingerprint density at radius 2 is 1.32 bits per heavy atom. The number of aryl methyl sites for hydroxylation is 2. The van der Waals surface area contributed by atoms with Crippen LogP contribution < -0.4 is 14.5 Å². The molecule has 3 heteroatoms. The van der Waals surface area contributed by atoms with Crippen molar-refractivity contribution in [2.45, 2.75) is 58.4 Å². The van der Waals surface area contributed by atoms with E-state index in [0.29, 0.717) is 18.6 Å². The normalized spacial score (nSPS) is 16.0. The second kappa shape index (κ2) is 20.0. The third kappa shape index (κ3) is 10.1. The number of rotatable bonds is 15. The summed E-state index contributed by atoms with van der Waals surface area (Å²) in [7, 11) is 0. The second-order valence-corrected chi connectivity index (χ2v) is 17.3. The maximum atomic E-state index is 5.60. The van der Waals surface area contributed by atoms with Crippen LogP contribution in [0.5, 0.6) is 5.75 Å². The van der Waals surface area contributed by atoms with E-state index < -0.39 is 0 Å². The third-order valence-corrected chi connectivity index (χ3v) is 12.8. The van der Waals surface area contributed by atoms with Crippen molar-refractivity contribution in [1.82, 2.24) is 0 Å². The molecule has 3 nitrogen and oxygen atoms in total.